The summed E-state index contributed by atoms with van der Waals surface area (Å²) in [7, 11) is -3.08. The maximum atomic E-state index is 11.9. The molecule has 0 aromatic heterocycles. The molecule has 7 nitrogen and oxygen atoms in total. The largest absolute Gasteiger partial charge is 0.393 e. The Morgan fingerprint density at radius 1 is 0.333 bits per heavy atom. The van der Waals surface area contributed by atoms with Gasteiger partial charge in [-0.05, 0) is 165 Å². The Hall–Kier alpha value is -3.13. The van der Waals surface area contributed by atoms with E-state index in [-0.39, 0.29) is 189 Å². The fraction of sp³-hybridized carbons (Fsp3) is 0.845. The van der Waals surface area contributed by atoms with E-state index in [1.54, 1.807) is 24.3 Å². The fourth-order valence-corrected chi connectivity index (χ4v) is 14.2. The van der Waals surface area contributed by atoms with E-state index in [0.29, 0.717) is 101 Å². The van der Waals surface area contributed by atoms with Crippen LogP contribution in [-0.4, -0.2) is 37.7 Å². The Balaban J connectivity index is -0.0000000430. The number of hydrogen-bond acceptors (Lipinski definition) is 7. The molecule has 0 spiro atoms. The summed E-state index contributed by atoms with van der Waals surface area (Å²) >= 11 is 0. The van der Waals surface area contributed by atoms with Gasteiger partial charge in [-0.3, -0.25) is 19.2 Å². The van der Waals surface area contributed by atoms with Gasteiger partial charge in [-0.25, -0.2) is 8.42 Å². The first-order valence-electron chi connectivity index (χ1n) is 35.4. The van der Waals surface area contributed by atoms with Crippen LogP contribution in [0.4, 0.5) is 0 Å². The molecule has 0 amide bonds. The number of ether oxygens (including phenoxy) is 1. The minimum absolute atomic E-state index is 0. The zero-order valence-electron chi connectivity index (χ0n) is 66.2. The molecule has 6 aliphatic carbocycles. The van der Waals surface area contributed by atoms with Gasteiger partial charge in [0.25, 0.3) is 0 Å². The van der Waals surface area contributed by atoms with Crippen molar-refractivity contribution in [3.63, 3.8) is 0 Å². The molecule has 11 atom stereocenters. The van der Waals surface area contributed by atoms with Crippen molar-refractivity contribution < 1.29 is 32.3 Å². The zero-order valence-corrected chi connectivity index (χ0v) is 67.0. The van der Waals surface area contributed by atoms with Gasteiger partial charge in [0.2, 0.25) is 0 Å². The maximum absolute atomic E-state index is 11.9. The van der Waals surface area contributed by atoms with Gasteiger partial charge in [0.1, 0.15) is 11.6 Å². The normalized spacial score (nSPS) is 21.1. The lowest BCUT2D eigenvalue weighted by Gasteiger charge is -2.37. The summed E-state index contributed by atoms with van der Waals surface area (Å²) in [4.78, 5) is 46.7. The van der Waals surface area contributed by atoms with E-state index < -0.39 is 9.84 Å². The van der Waals surface area contributed by atoms with Crippen molar-refractivity contribution in [3.05, 3.63) is 66.2 Å². The molecular formula is C103H228O7S. The molecule has 2 aromatic carbocycles. The molecule has 688 valence electrons. The van der Waals surface area contributed by atoms with Crippen LogP contribution in [0, 0.1) is 114 Å². The Bertz CT molecular complexity index is 2430. The van der Waals surface area contributed by atoms with E-state index in [0.717, 1.165) is 50.4 Å². The molecule has 0 radical (unpaired) electrons. The number of hydrogen-bond donors (Lipinski definition) is 0. The molecule has 1 heterocycles. The minimum Gasteiger partial charge on any atom is -0.393 e. The molecule has 2 aromatic rings. The molecule has 6 bridgehead atoms. The number of carbonyl (C=O) groups is 4. The number of fused-ring (bicyclic) bond motifs is 9. The number of benzene rings is 2. The third-order valence-electron chi connectivity index (χ3n) is 16.3. The molecular weight excluding hydrogens is 1380 g/mol. The van der Waals surface area contributed by atoms with Gasteiger partial charge in [0.05, 0.1) is 22.5 Å². The van der Waals surface area contributed by atoms with Crippen LogP contribution in [0.25, 0.3) is 0 Å². The monoisotopic (exact) mass is 1610 g/mol. The van der Waals surface area contributed by atoms with Gasteiger partial charge in [0.15, 0.2) is 9.84 Å². The molecule has 9 rings (SSSR count). The van der Waals surface area contributed by atoms with E-state index in [1.165, 1.54) is 31.2 Å². The number of sulfone groups is 1. The molecule has 6 saturated carbocycles. The van der Waals surface area contributed by atoms with E-state index in [2.05, 4.69) is 273 Å². The van der Waals surface area contributed by atoms with Crippen LogP contribution in [0.5, 0.6) is 0 Å². The van der Waals surface area contributed by atoms with E-state index in [1.807, 2.05) is 6.07 Å². The summed E-state index contributed by atoms with van der Waals surface area (Å²) in [6.07, 6.45) is 10.6. The average Bonchev–Trinajstić information content (AvgIpc) is 1.57. The highest BCUT2D eigenvalue weighted by Gasteiger charge is 2.64. The Morgan fingerprint density at radius 3 is 0.811 bits per heavy atom. The summed E-state index contributed by atoms with van der Waals surface area (Å²) in [5.41, 5.74) is 5.31. The molecule has 0 N–H and O–H groups in total. The van der Waals surface area contributed by atoms with Crippen LogP contribution in [0.3, 0.4) is 0 Å². The topological polar surface area (TPSA) is 112 Å². The lowest BCUT2D eigenvalue weighted by Crippen LogP contribution is -2.36. The third-order valence-corrected chi connectivity index (χ3v) is 18.1. The summed E-state index contributed by atoms with van der Waals surface area (Å²) < 4.78 is 28.6. The lowest BCUT2D eigenvalue weighted by molar-refractivity contribution is -0.155. The number of carbonyl (C=O) groups excluding carboxylic acids is 4. The SMILES string of the molecule is C.C.C.C.C.C.C.C.C.C.C.C.C.C.C.C.C.C.C.C.CC(C)(C)C.CC(C)(C)C.CC(C)(C)C.CC(C)(C)C.CC(C)(C)C.CC(C)(C)C1CC2CC(=O)C1C2.CC(C)(C)C1CC2CC(=O)C1C2.CC(C)(C)C1CC2CC1C1C(=O)OC(=O)C21.CC(C)(C)CCCS(=O)(=O)c1ccccc1.CC(C)(C)c1ccccc1. The predicted octanol–water partition coefficient (Wildman–Crippen LogP) is 36.6. The molecule has 11 unspecified atom stereocenters. The van der Waals surface area contributed by atoms with Crippen molar-refractivity contribution in [3.8, 4) is 0 Å². The highest BCUT2D eigenvalue weighted by Crippen LogP contribution is 2.62. The van der Waals surface area contributed by atoms with Crippen LogP contribution < -0.4 is 0 Å². The fourth-order valence-electron chi connectivity index (χ4n) is 12.8. The summed E-state index contributed by atoms with van der Waals surface area (Å²) in [5, 5.41) is 0. The van der Waals surface area contributed by atoms with Gasteiger partial charge in [0, 0.05) is 24.7 Å². The summed E-state index contributed by atoms with van der Waals surface area (Å²) in [5.74, 6) is 5.64. The van der Waals surface area contributed by atoms with Crippen molar-refractivity contribution in [2.75, 3.05) is 5.75 Å². The van der Waals surface area contributed by atoms with Gasteiger partial charge in [-0.15, -0.1) is 0 Å². The average molecular weight is 1610 g/mol. The second kappa shape index (κ2) is 64.9. The second-order valence-electron chi connectivity index (χ2n) is 41.7. The van der Waals surface area contributed by atoms with Crippen LogP contribution in [-0.2, 0) is 39.2 Å². The number of cyclic esters (lactones) is 2. The molecule has 111 heavy (non-hydrogen) atoms. The van der Waals surface area contributed by atoms with Crippen LogP contribution >= 0.6 is 0 Å². The van der Waals surface area contributed by atoms with Crippen molar-refractivity contribution >= 4 is 33.3 Å². The molecule has 7 aliphatic rings. The van der Waals surface area contributed by atoms with Gasteiger partial charge in [-0.2, -0.15) is 0 Å². The van der Waals surface area contributed by atoms with Crippen LogP contribution in [0.1, 0.15) is 461 Å². The number of ketones is 2. The molecule has 1 aliphatic heterocycles. The Labute approximate surface area is 712 Å². The number of esters is 2. The zero-order chi connectivity index (χ0) is 71.9. The highest BCUT2D eigenvalue weighted by molar-refractivity contribution is 7.91. The van der Waals surface area contributed by atoms with E-state index >= 15 is 0 Å². The quantitative estimate of drug-likeness (QED) is 0.221. The highest BCUT2D eigenvalue weighted by atomic mass is 32.2. The number of Topliss-reactive ketones (excluding diaryl/α,β-unsaturated/α-hetero) is 2. The lowest BCUT2D eigenvalue weighted by atomic mass is 9.66. The van der Waals surface area contributed by atoms with Crippen molar-refractivity contribution in [2.24, 2.45) is 114 Å². The van der Waals surface area contributed by atoms with Crippen molar-refractivity contribution in [2.45, 2.75) is 465 Å². The maximum Gasteiger partial charge on any atom is 0.317 e. The van der Waals surface area contributed by atoms with Crippen molar-refractivity contribution in [1.29, 1.82) is 0 Å². The first-order valence-corrected chi connectivity index (χ1v) is 37.1. The first-order chi connectivity index (χ1) is 40.3. The van der Waals surface area contributed by atoms with Crippen LogP contribution in [0.15, 0.2) is 65.6 Å². The Kier molecular flexibility index (Phi) is 95.4. The minimum atomic E-state index is -3.08. The van der Waals surface area contributed by atoms with Gasteiger partial charge >= 0.3 is 11.9 Å². The summed E-state index contributed by atoms with van der Waals surface area (Å²) in [6.45, 7) is 77.1. The first kappa shape index (κ1) is 163. The second-order valence-corrected chi connectivity index (χ2v) is 43.9. The number of rotatable bonds is 4. The van der Waals surface area contributed by atoms with Gasteiger partial charge in [-0.1, -0.05) is 439 Å². The molecule has 8 heteroatoms. The predicted molar refractivity (Wildman–Crippen MR) is 527 cm³/mol. The van der Waals surface area contributed by atoms with E-state index in [4.69, 9.17) is 4.74 Å². The molecule has 7 fully saturated rings. The van der Waals surface area contributed by atoms with E-state index in [9.17, 15) is 27.6 Å². The standard InChI is InChI=1S/C13H18O3.C13H20O2S.2C11H18O.C10H14.5C5H12.20CH4/c1-13(2,3)8-5-6-4-7(8)10-9(6)11(14)16-12(10)15;1-13(2,3)10-7-11-16(14,15)12-8-5-4-6-9-12;2*1-11(2,3)9-5-7-4-8(9)10(12)6-7;1-10(2,3)9-7-5-4-6-8-9;5*1-5(2,3)4;;;;;;;;;;;;;;;;;;;;/h6-10H,4-5H2,1-3H3;4-6,8-9H,7,10-11H2,1-3H3;2*7-9H,4-6H2,1-3H3;4-8H,1-3H3;5*1-4H3;20*1H4. The Morgan fingerprint density at radius 2 is 0.595 bits per heavy atom. The smallest absolute Gasteiger partial charge is 0.317 e. The van der Waals surface area contributed by atoms with Crippen LogP contribution in [0.2, 0.25) is 0 Å². The van der Waals surface area contributed by atoms with Crippen molar-refractivity contribution in [1.82, 2.24) is 0 Å². The summed E-state index contributed by atoms with van der Waals surface area (Å²) in [6, 6.07) is 19.2. The molecule has 1 saturated heterocycles. The van der Waals surface area contributed by atoms with Gasteiger partial charge < -0.3 is 4.74 Å². The third kappa shape index (κ3) is 73.0.